The van der Waals surface area contributed by atoms with E-state index < -0.39 is 23.7 Å². The summed E-state index contributed by atoms with van der Waals surface area (Å²) in [5.74, 6) is -3.48. The lowest BCUT2D eigenvalue weighted by molar-refractivity contribution is -0.141. The van der Waals surface area contributed by atoms with Gasteiger partial charge < -0.3 is 15.5 Å². The molecule has 1 aromatic carbocycles. The van der Waals surface area contributed by atoms with Gasteiger partial charge in [0.2, 0.25) is 0 Å². The molecule has 6 heteroatoms. The van der Waals surface area contributed by atoms with Gasteiger partial charge in [0.1, 0.15) is 5.82 Å². The average Bonchev–Trinajstić information content (AvgIpc) is 2.77. The zero-order valence-electron chi connectivity index (χ0n) is 10.3. The van der Waals surface area contributed by atoms with Crippen LogP contribution in [-0.2, 0) is 4.79 Å². The van der Waals surface area contributed by atoms with E-state index >= 15 is 0 Å². The number of benzene rings is 1. The quantitative estimate of drug-likeness (QED) is 0.773. The second-order valence-corrected chi connectivity index (χ2v) is 4.73. The monoisotopic (exact) mass is 267 g/mol. The summed E-state index contributed by atoms with van der Waals surface area (Å²) in [6, 6.07) is 2.21. The van der Waals surface area contributed by atoms with Crippen LogP contribution in [0.1, 0.15) is 33.9 Å². The molecule has 1 aromatic rings. The van der Waals surface area contributed by atoms with Gasteiger partial charge in [-0.3, -0.25) is 4.79 Å². The molecule has 1 heterocycles. The summed E-state index contributed by atoms with van der Waals surface area (Å²) in [6.07, 6.45) is 0.376. The van der Waals surface area contributed by atoms with Crippen LogP contribution in [0.2, 0.25) is 0 Å². The molecule has 5 nitrogen and oxygen atoms in total. The topological polar surface area (TPSA) is 86.6 Å². The normalized spacial score (nSPS) is 22.4. The number of aromatic carboxylic acids is 1. The Morgan fingerprint density at radius 1 is 1.37 bits per heavy atom. The van der Waals surface area contributed by atoms with Crippen LogP contribution in [0.5, 0.6) is 0 Å². The van der Waals surface area contributed by atoms with Gasteiger partial charge >= 0.3 is 11.9 Å². The van der Waals surface area contributed by atoms with Gasteiger partial charge in [-0.25, -0.2) is 9.18 Å². The molecule has 1 fully saturated rings. The number of nitrogens with one attached hydrogen (secondary N) is 1. The van der Waals surface area contributed by atoms with Crippen LogP contribution < -0.4 is 5.32 Å². The van der Waals surface area contributed by atoms with Gasteiger partial charge in [-0.1, -0.05) is 0 Å². The van der Waals surface area contributed by atoms with E-state index in [1.54, 1.807) is 6.92 Å². The van der Waals surface area contributed by atoms with E-state index in [-0.39, 0.29) is 11.6 Å². The van der Waals surface area contributed by atoms with Crippen molar-refractivity contribution in [2.75, 3.05) is 6.54 Å². The lowest BCUT2D eigenvalue weighted by Crippen LogP contribution is -2.18. The van der Waals surface area contributed by atoms with Crippen molar-refractivity contribution in [2.45, 2.75) is 19.4 Å². The summed E-state index contributed by atoms with van der Waals surface area (Å²) >= 11 is 0. The van der Waals surface area contributed by atoms with Crippen LogP contribution >= 0.6 is 0 Å². The first-order valence-corrected chi connectivity index (χ1v) is 5.89. The van der Waals surface area contributed by atoms with Crippen LogP contribution in [0.25, 0.3) is 0 Å². The van der Waals surface area contributed by atoms with Crippen molar-refractivity contribution in [1.82, 2.24) is 5.32 Å². The van der Waals surface area contributed by atoms with Crippen molar-refractivity contribution in [3.05, 3.63) is 34.6 Å². The Bertz CT molecular complexity index is 544. The maximum absolute atomic E-state index is 13.5. The zero-order valence-corrected chi connectivity index (χ0v) is 10.3. The second-order valence-electron chi connectivity index (χ2n) is 4.73. The Balaban J connectivity index is 2.33. The molecule has 0 radical (unpaired) electrons. The van der Waals surface area contributed by atoms with Crippen molar-refractivity contribution in [3.63, 3.8) is 0 Å². The lowest BCUT2D eigenvalue weighted by Gasteiger charge is -2.15. The molecule has 2 rings (SSSR count). The van der Waals surface area contributed by atoms with E-state index in [1.165, 1.54) is 12.1 Å². The molecule has 0 saturated carbocycles. The van der Waals surface area contributed by atoms with Crippen molar-refractivity contribution >= 4 is 11.9 Å². The molecule has 0 amide bonds. The van der Waals surface area contributed by atoms with E-state index in [0.717, 1.165) is 0 Å². The van der Waals surface area contributed by atoms with Gasteiger partial charge in [-0.05, 0) is 36.6 Å². The molecule has 3 N–H and O–H groups in total. The third kappa shape index (κ3) is 2.58. The minimum absolute atomic E-state index is 0.250. The van der Waals surface area contributed by atoms with Crippen molar-refractivity contribution in [3.8, 4) is 0 Å². The number of aryl methyl sites for hydroxylation is 1. The highest BCUT2D eigenvalue weighted by molar-refractivity contribution is 5.88. The molecule has 19 heavy (non-hydrogen) atoms. The van der Waals surface area contributed by atoms with Crippen molar-refractivity contribution < 1.29 is 24.2 Å². The Hall–Kier alpha value is -1.95. The number of carboxylic acids is 2. The first-order chi connectivity index (χ1) is 8.90. The van der Waals surface area contributed by atoms with E-state index in [0.29, 0.717) is 24.1 Å². The number of rotatable bonds is 3. The maximum Gasteiger partial charge on any atom is 0.338 e. The summed E-state index contributed by atoms with van der Waals surface area (Å²) in [4.78, 5) is 21.8. The van der Waals surface area contributed by atoms with Gasteiger partial charge in [0.25, 0.3) is 0 Å². The predicted molar refractivity (Wildman–Crippen MR) is 64.6 cm³/mol. The molecule has 0 aromatic heterocycles. The van der Waals surface area contributed by atoms with Gasteiger partial charge in [0.05, 0.1) is 11.5 Å². The molecule has 2 atom stereocenters. The van der Waals surface area contributed by atoms with Crippen molar-refractivity contribution in [2.24, 2.45) is 5.92 Å². The average molecular weight is 267 g/mol. The van der Waals surface area contributed by atoms with Gasteiger partial charge in [0.15, 0.2) is 0 Å². The molecule has 0 spiro atoms. The second kappa shape index (κ2) is 4.97. The summed E-state index contributed by atoms with van der Waals surface area (Å²) in [6.45, 7) is 2.01. The highest BCUT2D eigenvalue weighted by Gasteiger charge is 2.31. The van der Waals surface area contributed by atoms with E-state index in [4.69, 9.17) is 10.2 Å². The number of carboxylic acid groups (broad SMARTS) is 2. The minimum Gasteiger partial charge on any atom is -0.481 e. The minimum atomic E-state index is -1.33. The smallest absolute Gasteiger partial charge is 0.338 e. The highest BCUT2D eigenvalue weighted by atomic mass is 19.1. The van der Waals surface area contributed by atoms with Gasteiger partial charge in [0, 0.05) is 12.6 Å². The molecule has 1 aliphatic rings. The van der Waals surface area contributed by atoms with Crippen molar-refractivity contribution in [1.29, 1.82) is 0 Å². The molecule has 0 aliphatic carbocycles. The van der Waals surface area contributed by atoms with Crippen LogP contribution in [0.15, 0.2) is 12.1 Å². The third-order valence-electron chi connectivity index (χ3n) is 3.44. The van der Waals surface area contributed by atoms with E-state index in [1.807, 2.05) is 0 Å². The fraction of sp³-hybridized carbons (Fsp3) is 0.385. The largest absolute Gasteiger partial charge is 0.481 e. The number of aliphatic carboxylic acids is 1. The standard InChI is InChI=1S/C13H14FNO4/c1-6-2-10(14)9(13(18)19)4-8(6)11-3-7(5-15-11)12(16)17/h2,4,7,11,15H,3,5H2,1H3,(H,16,17)(H,18,19). The van der Waals surface area contributed by atoms with Crippen LogP contribution in [0.3, 0.4) is 0 Å². The van der Waals surface area contributed by atoms with Crippen LogP contribution in [0, 0.1) is 18.7 Å². The number of hydrogen-bond acceptors (Lipinski definition) is 3. The fourth-order valence-corrected chi connectivity index (χ4v) is 2.39. The van der Waals surface area contributed by atoms with Gasteiger partial charge in [-0.15, -0.1) is 0 Å². The Kier molecular flexibility index (Phi) is 3.53. The molecule has 1 saturated heterocycles. The maximum atomic E-state index is 13.5. The third-order valence-corrected chi connectivity index (χ3v) is 3.44. The van der Waals surface area contributed by atoms with Crippen LogP contribution in [0.4, 0.5) is 4.39 Å². The zero-order chi connectivity index (χ0) is 14.2. The number of halogens is 1. The summed E-state index contributed by atoms with van der Waals surface area (Å²) in [5, 5.41) is 20.9. The Labute approximate surface area is 109 Å². The molecule has 102 valence electrons. The van der Waals surface area contributed by atoms with Crippen LogP contribution in [-0.4, -0.2) is 28.7 Å². The highest BCUT2D eigenvalue weighted by Crippen LogP contribution is 2.30. The predicted octanol–water partition coefficient (Wildman–Crippen LogP) is 1.57. The summed E-state index contributed by atoms with van der Waals surface area (Å²) in [7, 11) is 0. The van der Waals surface area contributed by atoms with Gasteiger partial charge in [-0.2, -0.15) is 0 Å². The molecule has 0 bridgehead atoms. The number of hydrogen-bond donors (Lipinski definition) is 3. The summed E-state index contributed by atoms with van der Waals surface area (Å²) in [5.41, 5.74) is 0.870. The molecule has 1 aliphatic heterocycles. The summed E-state index contributed by atoms with van der Waals surface area (Å²) < 4.78 is 13.5. The molecule has 2 unspecified atom stereocenters. The SMILES string of the molecule is Cc1cc(F)c(C(=O)O)cc1C1CC(C(=O)O)CN1. The number of carbonyl (C=O) groups is 2. The lowest BCUT2D eigenvalue weighted by atomic mass is 9.94. The molecular formula is C13H14FNO4. The first-order valence-electron chi connectivity index (χ1n) is 5.89. The Morgan fingerprint density at radius 3 is 2.58 bits per heavy atom. The fourth-order valence-electron chi connectivity index (χ4n) is 2.39. The molecular weight excluding hydrogens is 253 g/mol. The van der Waals surface area contributed by atoms with E-state index in [9.17, 15) is 14.0 Å². The van der Waals surface area contributed by atoms with E-state index in [2.05, 4.69) is 5.32 Å². The Morgan fingerprint density at radius 2 is 2.05 bits per heavy atom. The first kappa shape index (κ1) is 13.5.